The molecule has 4 nitrogen and oxygen atoms in total. The number of alkyl halides is 1. The molecule has 0 bridgehead atoms. The van der Waals surface area contributed by atoms with E-state index in [-0.39, 0.29) is 10.6 Å². The largest absolute Gasteiger partial charge is 0.546 e. The van der Waals surface area contributed by atoms with E-state index in [1.165, 1.54) is 0 Å². The number of ketones is 1. The Bertz CT molecular complexity index is 536. The lowest BCUT2D eigenvalue weighted by Gasteiger charge is -2.14. The third-order valence-electron chi connectivity index (χ3n) is 3.17. The molecule has 1 atom stereocenters. The van der Waals surface area contributed by atoms with E-state index in [4.69, 9.17) is 4.74 Å². The molecule has 0 radical (unpaired) electrons. The Labute approximate surface area is 113 Å². The van der Waals surface area contributed by atoms with Crippen molar-refractivity contribution in [2.75, 3.05) is 6.61 Å². The van der Waals surface area contributed by atoms with E-state index >= 15 is 0 Å². The van der Waals surface area contributed by atoms with Gasteiger partial charge in [0.25, 0.3) is 0 Å². The number of carboxylic acid groups (broad SMARTS) is 1. The number of aryl methyl sites for hydroxylation is 1. The molecule has 1 aliphatic rings. The summed E-state index contributed by atoms with van der Waals surface area (Å²) in [5.74, 6) is -0.779. The highest BCUT2D eigenvalue weighted by Crippen LogP contribution is 2.37. The smallest absolute Gasteiger partial charge is 0.177 e. The number of halogens is 1. The molecule has 0 amide bonds. The number of carbonyl (C=O) groups is 2. The highest BCUT2D eigenvalue weighted by molar-refractivity contribution is 9.10. The Balaban J connectivity index is 2.48. The predicted octanol–water partition coefficient (Wildman–Crippen LogP) is 0.934. The van der Waals surface area contributed by atoms with E-state index in [0.717, 1.165) is 16.7 Å². The zero-order valence-electron chi connectivity index (χ0n) is 10.1. The second-order valence-corrected chi connectivity index (χ2v) is 5.47. The molecule has 0 spiro atoms. The lowest BCUT2D eigenvalue weighted by Crippen LogP contribution is -2.29. The average molecular weight is 312 g/mol. The predicted molar refractivity (Wildman–Crippen MR) is 67.2 cm³/mol. The van der Waals surface area contributed by atoms with E-state index in [2.05, 4.69) is 15.9 Å². The fourth-order valence-electron chi connectivity index (χ4n) is 2.17. The van der Waals surface area contributed by atoms with E-state index in [9.17, 15) is 14.7 Å². The summed E-state index contributed by atoms with van der Waals surface area (Å²) in [5.41, 5.74) is 3.28. The van der Waals surface area contributed by atoms with Crippen molar-refractivity contribution in [3.63, 3.8) is 0 Å². The third kappa shape index (κ3) is 2.14. The number of benzene rings is 1. The van der Waals surface area contributed by atoms with Crippen LogP contribution in [0.5, 0.6) is 5.75 Å². The number of hydrogen-bond acceptors (Lipinski definition) is 4. The van der Waals surface area contributed by atoms with Crippen molar-refractivity contribution in [2.24, 2.45) is 0 Å². The van der Waals surface area contributed by atoms with Crippen molar-refractivity contribution in [2.45, 2.75) is 25.1 Å². The topological polar surface area (TPSA) is 66.4 Å². The molecule has 0 saturated carbocycles. The Morgan fingerprint density at radius 2 is 2.22 bits per heavy atom. The fourth-order valence-corrected chi connectivity index (χ4v) is 2.72. The Morgan fingerprint density at radius 1 is 1.56 bits per heavy atom. The third-order valence-corrected chi connectivity index (χ3v) is 3.91. The fraction of sp³-hybridized carbons (Fsp3) is 0.385. The van der Waals surface area contributed by atoms with Crippen LogP contribution in [0, 0.1) is 13.8 Å². The molecule has 1 unspecified atom stereocenters. The van der Waals surface area contributed by atoms with Crippen molar-refractivity contribution in [3.05, 3.63) is 28.3 Å². The molecular weight excluding hydrogens is 300 g/mol. The number of carboxylic acids is 1. The van der Waals surface area contributed by atoms with Crippen LogP contribution in [0.25, 0.3) is 0 Å². The number of Topliss-reactive ketones (excluding diaryl/α,β-unsaturated/α-hetero) is 1. The molecule has 1 aliphatic carbocycles. The normalized spacial score (nSPS) is 17.7. The summed E-state index contributed by atoms with van der Waals surface area (Å²) in [6, 6.07) is 1.77. The van der Waals surface area contributed by atoms with Gasteiger partial charge in [-0.05, 0) is 37.5 Å². The van der Waals surface area contributed by atoms with Gasteiger partial charge in [0.15, 0.2) is 5.78 Å². The molecule has 18 heavy (non-hydrogen) atoms. The van der Waals surface area contributed by atoms with Crippen molar-refractivity contribution in [1.29, 1.82) is 0 Å². The summed E-state index contributed by atoms with van der Waals surface area (Å²) in [7, 11) is 0. The quantitative estimate of drug-likeness (QED) is 0.779. The van der Waals surface area contributed by atoms with Gasteiger partial charge in [-0.1, -0.05) is 15.9 Å². The van der Waals surface area contributed by atoms with Gasteiger partial charge in [0.2, 0.25) is 0 Å². The lowest BCUT2D eigenvalue weighted by molar-refractivity contribution is -0.307. The molecule has 1 aromatic carbocycles. The minimum Gasteiger partial charge on any atom is -0.546 e. The van der Waals surface area contributed by atoms with Gasteiger partial charge in [-0.25, -0.2) is 0 Å². The second-order valence-electron chi connectivity index (χ2n) is 4.37. The molecule has 2 rings (SSSR count). The minimum absolute atomic E-state index is 0.0319. The van der Waals surface area contributed by atoms with Gasteiger partial charge in [0.05, 0.1) is 10.8 Å². The van der Waals surface area contributed by atoms with Crippen LogP contribution >= 0.6 is 15.9 Å². The summed E-state index contributed by atoms with van der Waals surface area (Å²) in [4.78, 5) is 22.2. The first kappa shape index (κ1) is 13.1. The highest BCUT2D eigenvalue weighted by atomic mass is 79.9. The second kappa shape index (κ2) is 4.72. The van der Waals surface area contributed by atoms with E-state index in [1.807, 2.05) is 13.8 Å². The van der Waals surface area contributed by atoms with Gasteiger partial charge < -0.3 is 14.6 Å². The van der Waals surface area contributed by atoms with Crippen molar-refractivity contribution >= 4 is 27.7 Å². The number of rotatable bonds is 3. The zero-order valence-corrected chi connectivity index (χ0v) is 11.7. The summed E-state index contributed by atoms with van der Waals surface area (Å²) >= 11 is 3.32. The first-order chi connectivity index (χ1) is 8.41. The summed E-state index contributed by atoms with van der Waals surface area (Å²) in [5, 5.41) is 10.4. The van der Waals surface area contributed by atoms with Crippen LogP contribution in [0.15, 0.2) is 6.07 Å². The summed E-state index contributed by atoms with van der Waals surface area (Å²) in [6.45, 7) is 3.26. The molecule has 96 valence electrons. The SMILES string of the molecule is Cc1cc(OCC(=O)[O-])c2c(c1C)C(=O)C(Br)C2. The van der Waals surface area contributed by atoms with Gasteiger partial charge >= 0.3 is 0 Å². The number of hydrogen-bond donors (Lipinski definition) is 0. The van der Waals surface area contributed by atoms with E-state index in [1.54, 1.807) is 6.07 Å². The number of fused-ring (bicyclic) bond motifs is 1. The maximum atomic E-state index is 12.0. The Kier molecular flexibility index (Phi) is 3.43. The van der Waals surface area contributed by atoms with Crippen molar-refractivity contribution in [3.8, 4) is 5.75 Å². The van der Waals surface area contributed by atoms with Crippen LogP contribution in [-0.4, -0.2) is 23.2 Å². The summed E-state index contributed by atoms with van der Waals surface area (Å²) < 4.78 is 5.21. The molecule has 0 saturated heterocycles. The van der Waals surface area contributed by atoms with Crippen LogP contribution in [0.1, 0.15) is 27.0 Å². The Hall–Kier alpha value is -1.36. The molecule has 0 fully saturated rings. The van der Waals surface area contributed by atoms with Crippen molar-refractivity contribution < 1.29 is 19.4 Å². The average Bonchev–Trinajstić information content (AvgIpc) is 2.59. The van der Waals surface area contributed by atoms with Crippen LogP contribution in [0.4, 0.5) is 0 Å². The summed E-state index contributed by atoms with van der Waals surface area (Å²) in [6.07, 6.45) is 0.525. The van der Waals surface area contributed by atoms with Crippen LogP contribution in [0.3, 0.4) is 0 Å². The molecule has 0 aliphatic heterocycles. The first-order valence-corrected chi connectivity index (χ1v) is 6.47. The maximum absolute atomic E-state index is 12.0. The highest BCUT2D eigenvalue weighted by Gasteiger charge is 2.33. The van der Waals surface area contributed by atoms with Crippen molar-refractivity contribution in [1.82, 2.24) is 0 Å². The lowest BCUT2D eigenvalue weighted by atomic mass is 9.98. The number of ether oxygens (including phenoxy) is 1. The Morgan fingerprint density at radius 3 is 2.83 bits per heavy atom. The molecule has 0 N–H and O–H groups in total. The number of aliphatic carboxylic acids is 1. The molecule has 1 aromatic rings. The van der Waals surface area contributed by atoms with E-state index in [0.29, 0.717) is 17.7 Å². The molecule has 0 heterocycles. The van der Waals surface area contributed by atoms with Crippen LogP contribution in [0.2, 0.25) is 0 Å². The van der Waals surface area contributed by atoms with Crippen LogP contribution < -0.4 is 9.84 Å². The van der Waals surface area contributed by atoms with Gasteiger partial charge in [0.1, 0.15) is 12.4 Å². The van der Waals surface area contributed by atoms with Crippen LogP contribution in [-0.2, 0) is 11.2 Å². The minimum atomic E-state index is -1.28. The molecule has 0 aromatic heterocycles. The van der Waals surface area contributed by atoms with Gasteiger partial charge in [-0.3, -0.25) is 4.79 Å². The molecule has 5 heteroatoms. The van der Waals surface area contributed by atoms with E-state index < -0.39 is 12.6 Å². The molecular formula is C13H12BrO4-. The first-order valence-electron chi connectivity index (χ1n) is 5.55. The maximum Gasteiger partial charge on any atom is 0.177 e. The zero-order chi connectivity index (χ0) is 13.4. The standard InChI is InChI=1S/C13H13BrO4/c1-6-3-10(18-5-11(15)16)8-4-9(14)13(17)12(8)7(6)2/h3,9H,4-5H2,1-2H3,(H,15,16)/p-1. The van der Waals surface area contributed by atoms with Gasteiger partial charge in [-0.15, -0.1) is 0 Å². The van der Waals surface area contributed by atoms with Gasteiger partial charge in [0, 0.05) is 11.1 Å². The monoisotopic (exact) mass is 311 g/mol. The number of carbonyl (C=O) groups excluding carboxylic acids is 2. The van der Waals surface area contributed by atoms with Gasteiger partial charge in [-0.2, -0.15) is 0 Å².